The van der Waals surface area contributed by atoms with Gasteiger partial charge in [0.15, 0.2) is 0 Å². The molecule has 1 amide bonds. The van der Waals surface area contributed by atoms with Gasteiger partial charge in [-0.15, -0.1) is 0 Å². The Kier molecular flexibility index (Phi) is 7.64. The summed E-state index contributed by atoms with van der Waals surface area (Å²) >= 11 is 0. The van der Waals surface area contributed by atoms with Gasteiger partial charge in [-0.1, -0.05) is 67.1 Å². The third kappa shape index (κ3) is 5.69. The van der Waals surface area contributed by atoms with Gasteiger partial charge >= 0.3 is 0 Å². The number of hydrogen-bond donors (Lipinski definition) is 2. The summed E-state index contributed by atoms with van der Waals surface area (Å²) in [6.07, 6.45) is 0.465. The van der Waals surface area contributed by atoms with Gasteiger partial charge in [-0.2, -0.15) is 0 Å². The minimum atomic E-state index is -0.273. The maximum Gasteiger partial charge on any atom is 0.227 e. The van der Waals surface area contributed by atoms with Crippen LogP contribution in [0.5, 0.6) is 0 Å². The molecular formula is C21H27NO3. The van der Waals surface area contributed by atoms with Gasteiger partial charge in [0.25, 0.3) is 0 Å². The monoisotopic (exact) mass is 341 g/mol. The highest BCUT2D eigenvalue weighted by Gasteiger charge is 2.20. The zero-order valence-corrected chi connectivity index (χ0v) is 14.9. The topological polar surface area (TPSA) is 58.6 Å². The first kappa shape index (κ1) is 19.2. The highest BCUT2D eigenvalue weighted by Crippen LogP contribution is 2.21. The summed E-state index contributed by atoms with van der Waals surface area (Å²) in [5.41, 5.74) is 3.18. The van der Waals surface area contributed by atoms with Crippen LogP contribution < -0.4 is 5.32 Å². The van der Waals surface area contributed by atoms with Crippen LogP contribution in [0.1, 0.15) is 42.1 Å². The molecule has 2 atom stereocenters. The Morgan fingerprint density at radius 2 is 1.76 bits per heavy atom. The van der Waals surface area contributed by atoms with Crippen LogP contribution in [0, 0.1) is 6.92 Å². The smallest absolute Gasteiger partial charge is 0.227 e. The Balaban J connectivity index is 2.03. The van der Waals surface area contributed by atoms with Crippen LogP contribution in [0.2, 0.25) is 0 Å². The summed E-state index contributed by atoms with van der Waals surface area (Å²) in [6, 6.07) is 17.8. The van der Waals surface area contributed by atoms with E-state index in [9.17, 15) is 4.79 Å². The molecule has 25 heavy (non-hydrogen) atoms. The average Bonchev–Trinajstić information content (AvgIpc) is 2.64. The lowest BCUT2D eigenvalue weighted by Crippen LogP contribution is -2.33. The second kappa shape index (κ2) is 9.97. The van der Waals surface area contributed by atoms with Crippen molar-refractivity contribution in [3.05, 3.63) is 71.3 Å². The molecule has 0 saturated heterocycles. The number of aliphatic hydroxyl groups excluding tert-OH is 1. The minimum Gasteiger partial charge on any atom is -0.394 e. The molecule has 0 saturated carbocycles. The van der Waals surface area contributed by atoms with Gasteiger partial charge in [0.2, 0.25) is 5.91 Å². The summed E-state index contributed by atoms with van der Waals surface area (Å²) < 4.78 is 5.72. The van der Waals surface area contributed by atoms with E-state index in [1.54, 1.807) is 0 Å². The van der Waals surface area contributed by atoms with Gasteiger partial charge in [0.05, 0.1) is 25.2 Å². The van der Waals surface area contributed by atoms with E-state index in [0.29, 0.717) is 6.54 Å². The lowest BCUT2D eigenvalue weighted by atomic mass is 9.95. The van der Waals surface area contributed by atoms with E-state index in [1.165, 1.54) is 5.56 Å². The zero-order chi connectivity index (χ0) is 18.1. The van der Waals surface area contributed by atoms with Crippen molar-refractivity contribution in [1.82, 2.24) is 5.32 Å². The number of aryl methyl sites for hydroxylation is 1. The molecular weight excluding hydrogens is 314 g/mol. The van der Waals surface area contributed by atoms with Crippen molar-refractivity contribution >= 4 is 5.91 Å². The van der Waals surface area contributed by atoms with Gasteiger partial charge in [-0.05, 0) is 24.5 Å². The van der Waals surface area contributed by atoms with Crippen LogP contribution >= 0.6 is 0 Å². The average molecular weight is 341 g/mol. The maximum atomic E-state index is 12.6. The number of nitrogens with one attached hydrogen (secondary N) is 1. The molecule has 0 bridgehead atoms. The third-order valence-corrected chi connectivity index (χ3v) is 4.25. The standard InChI is InChI=1S/C21H27NO3/c1-3-19(17-7-5-4-6-8-17)21(24)22-15-20(25-14-13-23)18-11-9-16(2)10-12-18/h4-12,19-20,23H,3,13-15H2,1-2H3,(H,22,24)/t19-,20-/m0/s1. The van der Waals surface area contributed by atoms with Crippen LogP contribution in [-0.4, -0.2) is 30.8 Å². The van der Waals surface area contributed by atoms with E-state index in [4.69, 9.17) is 9.84 Å². The lowest BCUT2D eigenvalue weighted by molar-refractivity contribution is -0.123. The van der Waals surface area contributed by atoms with Gasteiger partial charge in [0.1, 0.15) is 0 Å². The Morgan fingerprint density at radius 3 is 2.36 bits per heavy atom. The summed E-state index contributed by atoms with van der Waals surface area (Å²) in [5, 5.41) is 12.1. The summed E-state index contributed by atoms with van der Waals surface area (Å²) in [4.78, 5) is 12.6. The van der Waals surface area contributed by atoms with E-state index >= 15 is 0 Å². The highest BCUT2D eigenvalue weighted by atomic mass is 16.5. The van der Waals surface area contributed by atoms with E-state index in [-0.39, 0.29) is 31.1 Å². The van der Waals surface area contributed by atoms with Gasteiger partial charge in [-0.3, -0.25) is 4.79 Å². The van der Waals surface area contributed by atoms with Crippen LogP contribution in [0.4, 0.5) is 0 Å². The fourth-order valence-electron chi connectivity index (χ4n) is 2.82. The van der Waals surface area contributed by atoms with Gasteiger partial charge < -0.3 is 15.2 Å². The fraction of sp³-hybridized carbons (Fsp3) is 0.381. The second-order valence-corrected chi connectivity index (χ2v) is 6.11. The third-order valence-electron chi connectivity index (χ3n) is 4.25. The zero-order valence-electron chi connectivity index (χ0n) is 14.9. The first-order chi connectivity index (χ1) is 12.2. The normalized spacial score (nSPS) is 13.2. The van der Waals surface area contributed by atoms with Crippen molar-refractivity contribution in [1.29, 1.82) is 0 Å². The highest BCUT2D eigenvalue weighted by molar-refractivity contribution is 5.83. The van der Waals surface area contributed by atoms with Crippen molar-refractivity contribution < 1.29 is 14.6 Å². The van der Waals surface area contributed by atoms with Crippen molar-refractivity contribution in [3.63, 3.8) is 0 Å². The lowest BCUT2D eigenvalue weighted by Gasteiger charge is -2.21. The number of rotatable bonds is 9. The van der Waals surface area contributed by atoms with Crippen molar-refractivity contribution in [2.24, 2.45) is 0 Å². The number of benzene rings is 2. The molecule has 2 rings (SSSR count). The van der Waals surface area contributed by atoms with Crippen LogP contribution in [-0.2, 0) is 9.53 Å². The Hall–Kier alpha value is -2.17. The minimum absolute atomic E-state index is 0.00147. The summed E-state index contributed by atoms with van der Waals surface area (Å²) in [7, 11) is 0. The first-order valence-electron chi connectivity index (χ1n) is 8.77. The molecule has 0 radical (unpaired) electrons. The Labute approximate surface area is 149 Å². The molecule has 0 fully saturated rings. The van der Waals surface area contributed by atoms with Crippen molar-refractivity contribution in [2.45, 2.75) is 32.3 Å². The number of aliphatic hydroxyl groups is 1. The Morgan fingerprint density at radius 1 is 1.08 bits per heavy atom. The second-order valence-electron chi connectivity index (χ2n) is 6.11. The molecule has 0 spiro atoms. The number of carbonyl (C=O) groups is 1. The van der Waals surface area contributed by atoms with E-state index in [0.717, 1.165) is 17.5 Å². The molecule has 0 unspecified atom stereocenters. The van der Waals surface area contributed by atoms with Gasteiger partial charge in [-0.25, -0.2) is 0 Å². The van der Waals surface area contributed by atoms with Gasteiger partial charge in [0, 0.05) is 6.54 Å². The SMILES string of the molecule is CC[C@H](C(=O)NC[C@H](OCCO)c1ccc(C)cc1)c1ccccc1. The predicted molar refractivity (Wildman–Crippen MR) is 99.4 cm³/mol. The molecule has 2 aromatic carbocycles. The van der Waals surface area contributed by atoms with Crippen LogP contribution in [0.25, 0.3) is 0 Å². The number of hydrogen-bond acceptors (Lipinski definition) is 3. The largest absolute Gasteiger partial charge is 0.394 e. The summed E-state index contributed by atoms with van der Waals surface area (Å²) in [6.45, 7) is 4.62. The molecule has 2 aromatic rings. The van der Waals surface area contributed by atoms with Crippen molar-refractivity contribution in [2.75, 3.05) is 19.8 Å². The summed E-state index contributed by atoms with van der Waals surface area (Å²) in [5.74, 6) is -0.170. The molecule has 0 aliphatic heterocycles. The number of carbonyl (C=O) groups excluding carboxylic acids is 1. The molecule has 4 nitrogen and oxygen atoms in total. The fourth-order valence-corrected chi connectivity index (χ4v) is 2.82. The quantitative estimate of drug-likeness (QED) is 0.735. The molecule has 0 aliphatic rings. The van der Waals surface area contributed by atoms with E-state index in [2.05, 4.69) is 5.32 Å². The first-order valence-corrected chi connectivity index (χ1v) is 8.77. The van der Waals surface area contributed by atoms with E-state index < -0.39 is 0 Å². The number of ether oxygens (including phenoxy) is 1. The molecule has 0 heterocycles. The number of amides is 1. The predicted octanol–water partition coefficient (Wildman–Crippen LogP) is 3.36. The maximum absolute atomic E-state index is 12.6. The van der Waals surface area contributed by atoms with Crippen molar-refractivity contribution in [3.8, 4) is 0 Å². The molecule has 4 heteroatoms. The van der Waals surface area contributed by atoms with Crippen LogP contribution in [0.3, 0.4) is 0 Å². The molecule has 0 aliphatic carbocycles. The Bertz CT molecular complexity index is 640. The molecule has 0 aromatic heterocycles. The van der Waals surface area contributed by atoms with E-state index in [1.807, 2.05) is 68.4 Å². The molecule has 2 N–H and O–H groups in total. The van der Waals surface area contributed by atoms with Crippen LogP contribution in [0.15, 0.2) is 54.6 Å². The molecule has 134 valence electrons.